The number of nitrogens with one attached hydrogen (secondary N) is 1. The van der Waals surface area contributed by atoms with Gasteiger partial charge in [-0.25, -0.2) is 42.4 Å². The summed E-state index contributed by atoms with van der Waals surface area (Å²) in [6.45, 7) is 16.0. The molecule has 0 spiro atoms. The number of amides is 1. The molecule has 10 rings (SSSR count). The number of ether oxygens (including phenoxy) is 4. The lowest BCUT2D eigenvalue weighted by molar-refractivity contribution is 0.0436. The first kappa shape index (κ1) is 61.1. The topological polar surface area (TPSA) is 295 Å². The Hall–Kier alpha value is -5.96. The summed E-state index contributed by atoms with van der Waals surface area (Å²) in [7, 11) is -7.94. The van der Waals surface area contributed by atoms with Gasteiger partial charge in [0.15, 0.2) is 21.7 Å². The van der Waals surface area contributed by atoms with Crippen LogP contribution >= 0.6 is 23.2 Å². The normalized spacial score (nSPS) is 19.2. The molecule has 4 aliphatic rings. The zero-order valence-corrected chi connectivity index (χ0v) is 49.6. The van der Waals surface area contributed by atoms with E-state index in [1.807, 2.05) is 0 Å². The summed E-state index contributed by atoms with van der Waals surface area (Å²) < 4.78 is 79.5. The Kier molecular flexibility index (Phi) is 19.1. The van der Waals surface area contributed by atoms with E-state index in [4.69, 9.17) is 52.4 Å². The summed E-state index contributed by atoms with van der Waals surface area (Å²) in [5.74, 6) is -0.230. The molecule has 4 fully saturated rings. The minimum absolute atomic E-state index is 0.0304. The smallest absolute Gasteiger partial charge is 0.338 e. The summed E-state index contributed by atoms with van der Waals surface area (Å²) in [4.78, 5) is 32.1. The fourth-order valence-electron chi connectivity index (χ4n) is 9.50. The second-order valence-electron chi connectivity index (χ2n) is 23.4. The van der Waals surface area contributed by atoms with E-state index in [2.05, 4.69) is 76.6 Å². The maximum absolute atomic E-state index is 13.0. The molecule has 6 heterocycles. The molecule has 440 valence electrons. The van der Waals surface area contributed by atoms with Crippen molar-refractivity contribution in [2.45, 2.75) is 154 Å². The van der Waals surface area contributed by atoms with Crippen molar-refractivity contribution in [1.82, 2.24) is 53.8 Å². The van der Waals surface area contributed by atoms with Gasteiger partial charge in [0.25, 0.3) is 26.0 Å². The monoisotopic (exact) mass is 1200 g/mol. The van der Waals surface area contributed by atoms with Gasteiger partial charge in [0.1, 0.15) is 10.3 Å². The molecule has 0 radical (unpaired) electrons. The molecule has 2 atom stereocenters. The molecule has 0 bridgehead atoms. The molecule has 4 saturated carbocycles. The fourth-order valence-corrected chi connectivity index (χ4v) is 11.8. The third-order valence-electron chi connectivity index (χ3n) is 15.2. The van der Waals surface area contributed by atoms with Crippen molar-refractivity contribution in [1.29, 1.82) is 0 Å². The second kappa shape index (κ2) is 25.3. The first-order valence-corrected chi connectivity index (χ1v) is 30.8. The van der Waals surface area contributed by atoms with E-state index < -0.39 is 31.9 Å². The van der Waals surface area contributed by atoms with E-state index in [9.17, 15) is 26.4 Å². The number of sulfonamides is 2. The Morgan fingerprint density at radius 3 is 1.49 bits per heavy atom. The zero-order chi connectivity index (χ0) is 58.4. The molecule has 1 amide bonds. The molecular weight excluding hydrogens is 1130 g/mol. The zero-order valence-electron chi connectivity index (χ0n) is 46.5. The van der Waals surface area contributed by atoms with Crippen LogP contribution in [0.15, 0.2) is 83.4 Å². The number of carbonyl (C=O) groups is 2. The molecule has 6 aromatic rings. The maximum atomic E-state index is 13.0. The summed E-state index contributed by atoms with van der Waals surface area (Å²) in [6, 6.07) is 12.1. The highest BCUT2D eigenvalue weighted by Crippen LogP contribution is 2.48. The number of primary sulfonamides is 1. The number of hydrogen-bond donors (Lipinski definition) is 3. The van der Waals surface area contributed by atoms with Gasteiger partial charge in [-0.2, -0.15) is 18.6 Å². The van der Waals surface area contributed by atoms with Crippen LogP contribution in [0.3, 0.4) is 0 Å². The van der Waals surface area contributed by atoms with Gasteiger partial charge in [-0.05, 0) is 135 Å². The first-order chi connectivity index (χ1) is 38.2. The van der Waals surface area contributed by atoms with Crippen LogP contribution in [-0.2, 0) is 42.6 Å². The lowest BCUT2D eigenvalue weighted by atomic mass is 9.92. The van der Waals surface area contributed by atoms with E-state index in [-0.39, 0.29) is 55.7 Å². The van der Waals surface area contributed by atoms with Crippen molar-refractivity contribution >= 4 is 55.1 Å². The van der Waals surface area contributed by atoms with E-state index >= 15 is 0 Å². The highest BCUT2D eigenvalue weighted by molar-refractivity contribution is 7.90. The molecule has 27 heteroatoms. The van der Waals surface area contributed by atoms with Crippen molar-refractivity contribution in [3.63, 3.8) is 0 Å². The maximum Gasteiger partial charge on any atom is 0.338 e. The molecular formula is C54H72Cl2N12O11S2. The fraction of sp³-hybridized carbons (Fsp3) is 0.556. The van der Waals surface area contributed by atoms with Crippen molar-refractivity contribution in [3.8, 4) is 23.4 Å². The van der Waals surface area contributed by atoms with Gasteiger partial charge in [0, 0.05) is 24.5 Å². The number of aromatic nitrogens is 10. The van der Waals surface area contributed by atoms with E-state index in [0.717, 1.165) is 44.9 Å². The quantitative estimate of drug-likeness (QED) is 0.0505. The molecule has 4 aliphatic carbocycles. The van der Waals surface area contributed by atoms with E-state index in [1.165, 1.54) is 93.6 Å². The molecule has 2 unspecified atom stereocenters. The van der Waals surface area contributed by atoms with Crippen molar-refractivity contribution in [2.75, 3.05) is 26.4 Å². The van der Waals surface area contributed by atoms with E-state index in [1.54, 1.807) is 30.6 Å². The molecule has 0 aromatic carbocycles. The van der Waals surface area contributed by atoms with Gasteiger partial charge in [-0.3, -0.25) is 14.2 Å². The van der Waals surface area contributed by atoms with Gasteiger partial charge in [-0.15, -0.1) is 10.2 Å². The van der Waals surface area contributed by atoms with Crippen LogP contribution in [-0.4, -0.2) is 122 Å². The molecule has 4 N–H and O–H groups in total. The van der Waals surface area contributed by atoms with Gasteiger partial charge < -0.3 is 24.1 Å². The number of rotatable bonds is 23. The lowest BCUT2D eigenvalue weighted by Crippen LogP contribution is -2.33. The summed E-state index contributed by atoms with van der Waals surface area (Å²) in [5, 5.41) is 30.4. The van der Waals surface area contributed by atoms with Crippen molar-refractivity contribution in [3.05, 3.63) is 94.8 Å². The van der Waals surface area contributed by atoms with Crippen LogP contribution in [0.25, 0.3) is 11.6 Å². The Balaban J connectivity index is 0.000000176. The number of nitrogens with two attached hydrogens (primary N) is 1. The van der Waals surface area contributed by atoms with Crippen LogP contribution in [0.4, 0.5) is 0 Å². The number of halogens is 2. The first-order valence-electron chi connectivity index (χ1n) is 27.0. The lowest BCUT2D eigenvalue weighted by Gasteiger charge is -2.17. The van der Waals surface area contributed by atoms with Crippen LogP contribution in [0.1, 0.15) is 139 Å². The number of pyridine rings is 2. The predicted octanol–water partition coefficient (Wildman–Crippen LogP) is 8.71. The molecule has 0 aliphatic heterocycles. The number of carbonyl (C=O) groups excluding carboxylic acids is 1. The van der Waals surface area contributed by atoms with Crippen LogP contribution in [0, 0.1) is 21.7 Å². The summed E-state index contributed by atoms with van der Waals surface area (Å²) >= 11 is 12.1. The molecule has 0 saturated heterocycles. The van der Waals surface area contributed by atoms with Gasteiger partial charge >= 0.3 is 5.97 Å². The number of aromatic carboxylic acids is 1. The third kappa shape index (κ3) is 17.3. The summed E-state index contributed by atoms with van der Waals surface area (Å²) in [6.07, 6.45) is 19.9. The molecule has 81 heavy (non-hydrogen) atoms. The number of carboxylic acids is 1. The summed E-state index contributed by atoms with van der Waals surface area (Å²) in [5.41, 5.74) is 1.32. The van der Waals surface area contributed by atoms with Crippen LogP contribution < -0.4 is 19.3 Å². The van der Waals surface area contributed by atoms with Crippen molar-refractivity contribution < 1.29 is 50.5 Å². The Bertz CT molecular complexity index is 3390. The average molecular weight is 1200 g/mol. The minimum atomic E-state index is -4.23. The molecule has 23 nitrogen and oxygen atoms in total. The molecule has 6 aromatic heterocycles. The number of carboxylic acid groups (broad SMARTS) is 1. The minimum Gasteiger partial charge on any atom is -0.478 e. The average Bonchev–Trinajstić information content (AvgIpc) is 3.91. The van der Waals surface area contributed by atoms with Crippen LogP contribution in [0.5, 0.6) is 11.8 Å². The largest absolute Gasteiger partial charge is 0.478 e. The SMILES string of the molecule is CC1(C)CCC(OCCn2nccc2S(=O)(=O)NC(=O)c2ccc(-n3ccc(OCCC4(C)CC4)n3)nc2Cl)C1.CC1(C)CCC(OCCn2nccc2S(N)(=O)=O)C1.CC1(CCOc2ccn(-c3ccc(C(=O)O)c(Cl)n3)n2)CC1. The standard InChI is InChI=1S/C27H35ClN6O5S.C15H16ClN3O3.C12H21N3O3S/c1-26(2)9-6-19(18-26)38-17-15-34-23(7-13-29-34)40(36,37)32-25(35)20-4-5-21(30-24(20)28)33-14-8-22(31-33)39-16-12-27(3)10-11-27;1-15(5-6-15)7-9-22-12-4-8-19(18-12)11-3-2-10(14(20)21)13(16)17-11;1-12(2)5-3-10(9-12)18-8-7-15-11(4-6-14-15)19(13,16)17/h4-5,7-8,13-14,19H,6,9-12,15-18H2,1-3H3,(H,32,35);2-4,8H,5-7,9H2,1H3,(H,20,21);4,6,10H,3,5,7-9H2,1-2H3,(H2,13,16,17). The van der Waals surface area contributed by atoms with Gasteiger partial charge in [0.05, 0.1) is 75.2 Å². The Morgan fingerprint density at radius 1 is 0.642 bits per heavy atom. The van der Waals surface area contributed by atoms with Gasteiger partial charge in [-0.1, -0.05) is 64.7 Å². The third-order valence-corrected chi connectivity index (χ3v) is 18.0. The number of hydrogen-bond acceptors (Lipinski definition) is 16. The predicted molar refractivity (Wildman–Crippen MR) is 300 cm³/mol. The highest BCUT2D eigenvalue weighted by atomic mass is 35.5. The number of nitrogens with zero attached hydrogens (tertiary/aromatic N) is 10. The van der Waals surface area contributed by atoms with Crippen LogP contribution in [0.2, 0.25) is 10.3 Å². The highest BCUT2D eigenvalue weighted by Gasteiger charge is 2.38. The second-order valence-corrected chi connectivity index (χ2v) is 27.3. The van der Waals surface area contributed by atoms with E-state index in [0.29, 0.717) is 72.6 Å². The Morgan fingerprint density at radius 2 is 1.09 bits per heavy atom. The Labute approximate surface area is 482 Å². The van der Waals surface area contributed by atoms with Gasteiger partial charge in [0.2, 0.25) is 11.8 Å². The van der Waals surface area contributed by atoms with Crippen molar-refractivity contribution in [2.24, 2.45) is 26.8 Å².